The Labute approximate surface area is 163 Å². The number of hydrogen-bond donors (Lipinski definition) is 2. The second-order valence-electron chi connectivity index (χ2n) is 6.49. The minimum atomic E-state index is -0.271. The molecule has 0 radical (unpaired) electrons. The number of nitrogens with one attached hydrogen (secondary N) is 2. The van der Waals surface area contributed by atoms with Crippen molar-refractivity contribution in [3.05, 3.63) is 95.1 Å². The molecule has 0 unspecified atom stereocenters. The summed E-state index contributed by atoms with van der Waals surface area (Å²) in [6.45, 7) is 3.42. The van der Waals surface area contributed by atoms with E-state index in [2.05, 4.69) is 10.6 Å². The standard InChI is InChI=1S/C23H20N2O3/c1-15-4-3-5-19(14-15)23(28)25-21-12-8-18(9-13-21)22(27)24-20-10-6-17(7-11-20)16(2)26/h3-14H,1-2H3,(H,24,27)(H,25,28). The number of carbonyl (C=O) groups is 3. The van der Waals surface area contributed by atoms with Gasteiger partial charge in [-0.15, -0.1) is 0 Å². The topological polar surface area (TPSA) is 75.3 Å². The molecule has 0 saturated heterocycles. The van der Waals surface area contributed by atoms with Crippen LogP contribution in [0.4, 0.5) is 11.4 Å². The van der Waals surface area contributed by atoms with Gasteiger partial charge in [0.25, 0.3) is 11.8 Å². The van der Waals surface area contributed by atoms with Gasteiger partial charge in [-0.1, -0.05) is 17.7 Å². The molecule has 0 bridgehead atoms. The van der Waals surface area contributed by atoms with Gasteiger partial charge in [-0.2, -0.15) is 0 Å². The van der Waals surface area contributed by atoms with E-state index in [0.29, 0.717) is 28.1 Å². The number of amides is 2. The molecule has 0 aliphatic carbocycles. The number of anilines is 2. The quantitative estimate of drug-likeness (QED) is 0.637. The number of ketones is 1. The predicted molar refractivity (Wildman–Crippen MR) is 110 cm³/mol. The van der Waals surface area contributed by atoms with E-state index in [-0.39, 0.29) is 17.6 Å². The maximum atomic E-state index is 12.4. The molecule has 2 N–H and O–H groups in total. The molecule has 0 spiro atoms. The predicted octanol–water partition coefficient (Wildman–Crippen LogP) is 4.70. The van der Waals surface area contributed by atoms with Crippen molar-refractivity contribution in [1.29, 1.82) is 0 Å². The third-order valence-electron chi connectivity index (χ3n) is 4.23. The van der Waals surface area contributed by atoms with Gasteiger partial charge in [-0.3, -0.25) is 14.4 Å². The van der Waals surface area contributed by atoms with E-state index < -0.39 is 0 Å². The molecule has 0 saturated carbocycles. The second kappa shape index (κ2) is 8.31. The molecule has 0 atom stereocenters. The molecule has 5 nitrogen and oxygen atoms in total. The van der Waals surface area contributed by atoms with Gasteiger partial charge in [-0.05, 0) is 74.5 Å². The van der Waals surface area contributed by atoms with Gasteiger partial charge in [0.1, 0.15) is 0 Å². The lowest BCUT2D eigenvalue weighted by molar-refractivity contribution is 0.101. The average molecular weight is 372 g/mol. The Morgan fingerprint density at radius 3 is 1.64 bits per heavy atom. The highest BCUT2D eigenvalue weighted by Crippen LogP contribution is 2.15. The minimum absolute atomic E-state index is 0.0267. The van der Waals surface area contributed by atoms with Gasteiger partial charge >= 0.3 is 0 Å². The monoisotopic (exact) mass is 372 g/mol. The van der Waals surface area contributed by atoms with Gasteiger partial charge in [0.2, 0.25) is 0 Å². The first-order valence-electron chi connectivity index (χ1n) is 8.83. The van der Waals surface area contributed by atoms with Crippen molar-refractivity contribution in [3.8, 4) is 0 Å². The third kappa shape index (κ3) is 4.71. The Bertz CT molecular complexity index is 1020. The zero-order valence-electron chi connectivity index (χ0n) is 15.7. The molecular formula is C23H20N2O3. The lowest BCUT2D eigenvalue weighted by Crippen LogP contribution is -2.14. The van der Waals surface area contributed by atoms with Crippen LogP contribution in [0.25, 0.3) is 0 Å². The molecule has 0 aromatic heterocycles. The van der Waals surface area contributed by atoms with Gasteiger partial charge in [0, 0.05) is 28.1 Å². The van der Waals surface area contributed by atoms with Crippen LogP contribution in [0.2, 0.25) is 0 Å². The summed E-state index contributed by atoms with van der Waals surface area (Å²) in [6.07, 6.45) is 0. The summed E-state index contributed by atoms with van der Waals surface area (Å²) < 4.78 is 0. The van der Waals surface area contributed by atoms with Crippen LogP contribution in [-0.4, -0.2) is 17.6 Å². The van der Waals surface area contributed by atoms with Gasteiger partial charge in [0.05, 0.1) is 0 Å². The maximum Gasteiger partial charge on any atom is 0.255 e. The highest BCUT2D eigenvalue weighted by Gasteiger charge is 2.09. The van der Waals surface area contributed by atoms with Crippen molar-refractivity contribution in [2.75, 3.05) is 10.6 Å². The first-order valence-corrected chi connectivity index (χ1v) is 8.83. The van der Waals surface area contributed by atoms with E-state index in [1.54, 1.807) is 54.6 Å². The Kier molecular flexibility index (Phi) is 5.65. The molecule has 2 amide bonds. The molecule has 3 aromatic rings. The van der Waals surface area contributed by atoms with Gasteiger partial charge < -0.3 is 10.6 Å². The normalized spacial score (nSPS) is 10.2. The Hall–Kier alpha value is -3.73. The number of carbonyl (C=O) groups excluding carboxylic acids is 3. The Morgan fingerprint density at radius 2 is 1.14 bits per heavy atom. The number of benzene rings is 3. The zero-order chi connectivity index (χ0) is 20.1. The highest BCUT2D eigenvalue weighted by molar-refractivity contribution is 6.06. The van der Waals surface area contributed by atoms with E-state index in [1.807, 2.05) is 25.1 Å². The summed E-state index contributed by atoms with van der Waals surface area (Å²) in [7, 11) is 0. The van der Waals surface area contributed by atoms with Crippen LogP contribution in [0.1, 0.15) is 43.6 Å². The smallest absolute Gasteiger partial charge is 0.255 e. The van der Waals surface area contributed by atoms with Crippen LogP contribution in [0, 0.1) is 6.92 Å². The second-order valence-corrected chi connectivity index (χ2v) is 6.49. The molecule has 140 valence electrons. The van der Waals surface area contributed by atoms with Crippen LogP contribution in [0.3, 0.4) is 0 Å². The van der Waals surface area contributed by atoms with E-state index in [0.717, 1.165) is 5.56 Å². The lowest BCUT2D eigenvalue weighted by atomic mass is 10.1. The van der Waals surface area contributed by atoms with Crippen LogP contribution >= 0.6 is 0 Å². The van der Waals surface area contributed by atoms with Crippen molar-refractivity contribution < 1.29 is 14.4 Å². The van der Waals surface area contributed by atoms with Crippen molar-refractivity contribution in [1.82, 2.24) is 0 Å². The number of Topliss-reactive ketones (excluding diaryl/α,β-unsaturated/α-hetero) is 1. The minimum Gasteiger partial charge on any atom is -0.322 e. The molecule has 0 aliphatic rings. The van der Waals surface area contributed by atoms with E-state index in [1.165, 1.54) is 6.92 Å². The van der Waals surface area contributed by atoms with Crippen molar-refractivity contribution >= 4 is 29.0 Å². The zero-order valence-corrected chi connectivity index (χ0v) is 15.7. The fraction of sp³-hybridized carbons (Fsp3) is 0.0870. The molecule has 0 fully saturated rings. The average Bonchev–Trinajstić information content (AvgIpc) is 2.69. The maximum absolute atomic E-state index is 12.4. The third-order valence-corrected chi connectivity index (χ3v) is 4.23. The van der Waals surface area contributed by atoms with Crippen LogP contribution < -0.4 is 10.6 Å². The van der Waals surface area contributed by atoms with Crippen molar-refractivity contribution in [2.24, 2.45) is 0 Å². The number of hydrogen-bond acceptors (Lipinski definition) is 3. The number of aryl methyl sites for hydroxylation is 1. The van der Waals surface area contributed by atoms with Crippen molar-refractivity contribution in [3.63, 3.8) is 0 Å². The largest absolute Gasteiger partial charge is 0.322 e. The molecule has 0 heterocycles. The van der Waals surface area contributed by atoms with Crippen LogP contribution in [0.5, 0.6) is 0 Å². The van der Waals surface area contributed by atoms with Crippen LogP contribution in [-0.2, 0) is 0 Å². The molecular weight excluding hydrogens is 352 g/mol. The summed E-state index contributed by atoms with van der Waals surface area (Å²) in [4.78, 5) is 35.9. The van der Waals surface area contributed by atoms with E-state index >= 15 is 0 Å². The summed E-state index contributed by atoms with van der Waals surface area (Å²) in [6, 6.07) is 20.7. The van der Waals surface area contributed by atoms with Gasteiger partial charge in [-0.25, -0.2) is 0 Å². The SMILES string of the molecule is CC(=O)c1ccc(NC(=O)c2ccc(NC(=O)c3cccc(C)c3)cc2)cc1. The van der Waals surface area contributed by atoms with E-state index in [4.69, 9.17) is 0 Å². The fourth-order valence-electron chi connectivity index (χ4n) is 2.69. The Morgan fingerprint density at radius 1 is 0.643 bits per heavy atom. The number of rotatable bonds is 5. The molecule has 3 rings (SSSR count). The summed E-state index contributed by atoms with van der Waals surface area (Å²) >= 11 is 0. The fourth-order valence-corrected chi connectivity index (χ4v) is 2.69. The summed E-state index contributed by atoms with van der Waals surface area (Å²) in [5.41, 5.74) is 3.85. The molecule has 28 heavy (non-hydrogen) atoms. The molecule has 3 aromatic carbocycles. The Balaban J connectivity index is 1.64. The lowest BCUT2D eigenvalue weighted by Gasteiger charge is -2.08. The first-order chi connectivity index (χ1) is 13.4. The van der Waals surface area contributed by atoms with Crippen LogP contribution in [0.15, 0.2) is 72.8 Å². The van der Waals surface area contributed by atoms with Gasteiger partial charge in [0.15, 0.2) is 5.78 Å². The molecule has 5 heteroatoms. The highest BCUT2D eigenvalue weighted by atomic mass is 16.2. The van der Waals surface area contributed by atoms with E-state index in [9.17, 15) is 14.4 Å². The summed E-state index contributed by atoms with van der Waals surface area (Å²) in [5, 5.41) is 5.59. The van der Waals surface area contributed by atoms with Crippen molar-refractivity contribution in [2.45, 2.75) is 13.8 Å². The first kappa shape index (κ1) is 19.0. The molecule has 0 aliphatic heterocycles. The summed E-state index contributed by atoms with van der Waals surface area (Å²) in [5.74, 6) is -0.500.